The number of rotatable bonds is 9. The molecule has 3 heterocycles. The van der Waals surface area contributed by atoms with E-state index in [1.54, 1.807) is 11.6 Å². The summed E-state index contributed by atoms with van der Waals surface area (Å²) >= 11 is 0. The van der Waals surface area contributed by atoms with Crippen LogP contribution in [-0.2, 0) is 29.7 Å². The van der Waals surface area contributed by atoms with E-state index >= 15 is 0 Å². The number of carboxylic acid groups (broad SMARTS) is 1. The van der Waals surface area contributed by atoms with Gasteiger partial charge in [-0.3, -0.25) is 14.9 Å². The number of carboxylic acids is 1. The van der Waals surface area contributed by atoms with Crippen LogP contribution < -0.4 is 10.9 Å². The Balaban J connectivity index is 1.68. The summed E-state index contributed by atoms with van der Waals surface area (Å²) in [5.41, 5.74) is 4.19. The van der Waals surface area contributed by atoms with Gasteiger partial charge < -0.3 is 24.1 Å². The minimum Gasteiger partial charge on any atom is -0.480 e. The van der Waals surface area contributed by atoms with Crippen molar-refractivity contribution < 1.29 is 19.7 Å². The van der Waals surface area contributed by atoms with Gasteiger partial charge in [-0.15, -0.1) is 0 Å². The molecule has 9 nitrogen and oxygen atoms in total. The van der Waals surface area contributed by atoms with Crippen molar-refractivity contribution in [2.75, 3.05) is 13.2 Å². The quantitative estimate of drug-likeness (QED) is 0.429. The van der Waals surface area contributed by atoms with Crippen LogP contribution in [0.5, 0.6) is 0 Å². The standard InChI is InChI=1S/C26H34N4O5/c1-16-12-20(15-29(3)25(16)32)24-28-21-13-19(14-27-23(17(2)31)26(33)34)4-5-22(21)30(24)9-6-18-7-10-35-11-8-18/h4-5,12-13,15,17-18,23,27,31H,6-11,14H2,1-3H3,(H,33,34). The van der Waals surface area contributed by atoms with Crippen LogP contribution in [-0.4, -0.2) is 55.7 Å². The summed E-state index contributed by atoms with van der Waals surface area (Å²) in [4.78, 5) is 28.6. The number of imidazole rings is 1. The van der Waals surface area contributed by atoms with Crippen molar-refractivity contribution >= 4 is 17.0 Å². The number of aliphatic hydroxyl groups is 1. The third kappa shape index (κ3) is 5.63. The first-order valence-electron chi connectivity index (χ1n) is 12.1. The molecule has 2 unspecified atom stereocenters. The highest BCUT2D eigenvalue weighted by Gasteiger charge is 2.23. The molecule has 35 heavy (non-hydrogen) atoms. The van der Waals surface area contributed by atoms with Crippen molar-refractivity contribution in [1.82, 2.24) is 19.4 Å². The number of hydrogen-bond donors (Lipinski definition) is 3. The number of aromatic nitrogens is 3. The summed E-state index contributed by atoms with van der Waals surface area (Å²) in [5.74, 6) is 0.321. The second-order valence-electron chi connectivity index (χ2n) is 9.52. The molecule has 1 aliphatic rings. The smallest absolute Gasteiger partial charge is 0.323 e. The Morgan fingerprint density at radius 2 is 2.03 bits per heavy atom. The molecule has 2 atom stereocenters. The first kappa shape index (κ1) is 25.1. The number of fused-ring (bicyclic) bond motifs is 1. The zero-order valence-electron chi connectivity index (χ0n) is 20.5. The van der Waals surface area contributed by atoms with Crippen LogP contribution in [0.25, 0.3) is 22.4 Å². The van der Waals surface area contributed by atoms with Gasteiger partial charge in [0.1, 0.15) is 11.9 Å². The fraction of sp³-hybridized carbons (Fsp3) is 0.500. The van der Waals surface area contributed by atoms with Crippen molar-refractivity contribution in [1.29, 1.82) is 0 Å². The molecule has 0 amide bonds. The predicted octanol–water partition coefficient (Wildman–Crippen LogP) is 2.45. The van der Waals surface area contributed by atoms with Crippen molar-refractivity contribution in [3.05, 3.63) is 51.9 Å². The maximum Gasteiger partial charge on any atom is 0.323 e. The number of nitrogens with zero attached hydrogens (tertiary/aromatic N) is 3. The van der Waals surface area contributed by atoms with Gasteiger partial charge in [0.25, 0.3) is 5.56 Å². The van der Waals surface area contributed by atoms with Gasteiger partial charge in [0.2, 0.25) is 0 Å². The Kier molecular flexibility index (Phi) is 7.69. The first-order chi connectivity index (χ1) is 16.7. The number of nitrogens with one attached hydrogen (secondary N) is 1. The highest BCUT2D eigenvalue weighted by molar-refractivity contribution is 5.81. The van der Waals surface area contributed by atoms with Crippen LogP contribution in [0.3, 0.4) is 0 Å². The lowest BCUT2D eigenvalue weighted by atomic mass is 9.96. The van der Waals surface area contributed by atoms with Gasteiger partial charge in [-0.1, -0.05) is 6.07 Å². The van der Waals surface area contributed by atoms with E-state index < -0.39 is 18.1 Å². The number of aliphatic carboxylic acids is 1. The van der Waals surface area contributed by atoms with E-state index in [9.17, 15) is 19.8 Å². The Morgan fingerprint density at radius 1 is 1.29 bits per heavy atom. The van der Waals surface area contributed by atoms with Crippen LogP contribution in [0.1, 0.15) is 37.3 Å². The number of benzene rings is 1. The van der Waals surface area contributed by atoms with E-state index in [4.69, 9.17) is 9.72 Å². The molecule has 2 aromatic heterocycles. The maximum atomic E-state index is 12.3. The highest BCUT2D eigenvalue weighted by atomic mass is 16.5. The van der Waals surface area contributed by atoms with E-state index in [-0.39, 0.29) is 5.56 Å². The van der Waals surface area contributed by atoms with Crippen LogP contribution in [0.15, 0.2) is 35.3 Å². The topological polar surface area (TPSA) is 119 Å². The summed E-state index contributed by atoms with van der Waals surface area (Å²) in [6.07, 6.45) is 3.95. The Hall–Kier alpha value is -3.01. The van der Waals surface area contributed by atoms with Gasteiger partial charge in [-0.25, -0.2) is 4.98 Å². The molecule has 0 aliphatic carbocycles. The van der Waals surface area contributed by atoms with Crippen molar-refractivity contribution in [2.45, 2.75) is 58.3 Å². The summed E-state index contributed by atoms with van der Waals surface area (Å²) in [7, 11) is 1.75. The van der Waals surface area contributed by atoms with Gasteiger partial charge in [0.05, 0.1) is 17.1 Å². The van der Waals surface area contributed by atoms with Crippen molar-refractivity contribution in [3.8, 4) is 11.4 Å². The molecule has 188 valence electrons. The normalized spacial score (nSPS) is 16.5. The molecule has 1 saturated heterocycles. The summed E-state index contributed by atoms with van der Waals surface area (Å²) in [6, 6.07) is 6.76. The summed E-state index contributed by atoms with van der Waals surface area (Å²) < 4.78 is 9.32. The molecule has 3 aromatic rings. The molecule has 0 bridgehead atoms. The molecule has 1 fully saturated rings. The lowest BCUT2D eigenvalue weighted by molar-refractivity contribution is -0.142. The van der Waals surface area contributed by atoms with E-state index in [2.05, 4.69) is 9.88 Å². The third-order valence-corrected chi connectivity index (χ3v) is 6.81. The largest absolute Gasteiger partial charge is 0.480 e. The van der Waals surface area contributed by atoms with Gasteiger partial charge in [-0.2, -0.15) is 0 Å². The van der Waals surface area contributed by atoms with Gasteiger partial charge in [-0.05, 0) is 62.8 Å². The zero-order chi connectivity index (χ0) is 25.1. The maximum absolute atomic E-state index is 12.3. The number of pyridine rings is 1. The Morgan fingerprint density at radius 3 is 2.69 bits per heavy atom. The lowest BCUT2D eigenvalue weighted by Gasteiger charge is -2.22. The lowest BCUT2D eigenvalue weighted by Crippen LogP contribution is -2.44. The van der Waals surface area contributed by atoms with Gasteiger partial charge in [0.15, 0.2) is 0 Å². The first-order valence-corrected chi connectivity index (χ1v) is 12.1. The summed E-state index contributed by atoms with van der Waals surface area (Å²) in [6.45, 7) is 5.98. The van der Waals surface area contributed by atoms with Crippen molar-refractivity contribution in [2.24, 2.45) is 13.0 Å². The number of carbonyl (C=O) groups is 1. The molecule has 1 aliphatic heterocycles. The molecular weight excluding hydrogens is 448 g/mol. The monoisotopic (exact) mass is 482 g/mol. The molecule has 0 spiro atoms. The van der Waals surface area contributed by atoms with Crippen LogP contribution in [0.2, 0.25) is 0 Å². The van der Waals surface area contributed by atoms with E-state index in [0.717, 1.165) is 67.0 Å². The molecule has 9 heteroatoms. The van der Waals surface area contributed by atoms with E-state index in [1.165, 1.54) is 6.92 Å². The minimum atomic E-state index is -1.09. The number of aryl methyl sites for hydroxylation is 3. The second kappa shape index (κ2) is 10.7. The van der Waals surface area contributed by atoms with Crippen LogP contribution >= 0.6 is 0 Å². The molecule has 4 rings (SSSR count). The van der Waals surface area contributed by atoms with Crippen LogP contribution in [0.4, 0.5) is 0 Å². The average molecular weight is 483 g/mol. The Bertz CT molecular complexity index is 1230. The third-order valence-electron chi connectivity index (χ3n) is 6.81. The zero-order valence-corrected chi connectivity index (χ0v) is 20.5. The number of aliphatic hydroxyl groups excluding tert-OH is 1. The van der Waals surface area contributed by atoms with E-state index in [0.29, 0.717) is 18.0 Å². The molecule has 0 saturated carbocycles. The second-order valence-corrected chi connectivity index (χ2v) is 9.52. The summed E-state index contributed by atoms with van der Waals surface area (Å²) in [5, 5.41) is 22.0. The molecular formula is C26H34N4O5. The Labute approximate surface area is 204 Å². The highest BCUT2D eigenvalue weighted by Crippen LogP contribution is 2.28. The van der Waals surface area contributed by atoms with Crippen LogP contribution in [0, 0.1) is 12.8 Å². The fourth-order valence-electron chi connectivity index (χ4n) is 4.77. The number of hydrogen-bond acceptors (Lipinski definition) is 6. The fourth-order valence-corrected chi connectivity index (χ4v) is 4.77. The average Bonchev–Trinajstić information content (AvgIpc) is 3.19. The van der Waals surface area contributed by atoms with Gasteiger partial charge >= 0.3 is 5.97 Å². The minimum absolute atomic E-state index is 0.0296. The molecule has 1 aromatic carbocycles. The predicted molar refractivity (Wildman–Crippen MR) is 133 cm³/mol. The molecule has 0 radical (unpaired) electrons. The van der Waals surface area contributed by atoms with Crippen molar-refractivity contribution in [3.63, 3.8) is 0 Å². The van der Waals surface area contributed by atoms with Gasteiger partial charge in [0, 0.05) is 50.7 Å². The SMILES string of the molecule is Cc1cc(-c2nc3cc(CNC(C(=O)O)C(C)O)ccc3n2CCC2CCOCC2)cn(C)c1=O. The number of ether oxygens (including phenoxy) is 1. The van der Waals surface area contributed by atoms with E-state index in [1.807, 2.05) is 37.4 Å². The molecule has 3 N–H and O–H groups in total.